The number of halogens is 2. The predicted octanol–water partition coefficient (Wildman–Crippen LogP) is 3.17. The van der Waals surface area contributed by atoms with Gasteiger partial charge in [-0.2, -0.15) is 5.10 Å². The van der Waals surface area contributed by atoms with Crippen molar-refractivity contribution in [2.24, 2.45) is 0 Å². The molecule has 0 saturated heterocycles. The molecular weight excluding hydrogens is 250 g/mol. The fourth-order valence-corrected chi connectivity index (χ4v) is 1.90. The molecule has 1 heterocycles. The van der Waals surface area contributed by atoms with Gasteiger partial charge in [-0.1, -0.05) is 12.1 Å². The average Bonchev–Trinajstić information content (AvgIpc) is 2.84. The molecule has 0 aliphatic rings. The van der Waals surface area contributed by atoms with Crippen molar-refractivity contribution < 1.29 is 13.6 Å². The minimum absolute atomic E-state index is 0.0336. The highest BCUT2D eigenvalue weighted by atomic mass is 19.2. The van der Waals surface area contributed by atoms with Crippen LogP contribution < -0.4 is 0 Å². The first-order valence-electron chi connectivity index (χ1n) is 6.00. The van der Waals surface area contributed by atoms with E-state index in [4.69, 9.17) is 0 Å². The van der Waals surface area contributed by atoms with Gasteiger partial charge in [0.2, 0.25) is 0 Å². The van der Waals surface area contributed by atoms with Gasteiger partial charge >= 0.3 is 0 Å². The summed E-state index contributed by atoms with van der Waals surface area (Å²) < 4.78 is 28.2. The van der Waals surface area contributed by atoms with Gasteiger partial charge in [0.25, 0.3) is 0 Å². The third-order valence-electron chi connectivity index (χ3n) is 2.83. The molecule has 0 spiro atoms. The van der Waals surface area contributed by atoms with E-state index in [9.17, 15) is 13.6 Å². The van der Waals surface area contributed by atoms with E-state index < -0.39 is 11.6 Å². The molecule has 1 aromatic carbocycles. The summed E-state index contributed by atoms with van der Waals surface area (Å²) in [6, 6.07) is 5.44. The van der Waals surface area contributed by atoms with Crippen LogP contribution in [-0.4, -0.2) is 15.6 Å². The molecule has 0 saturated carbocycles. The lowest BCUT2D eigenvalue weighted by Crippen LogP contribution is -2.15. The zero-order valence-corrected chi connectivity index (χ0v) is 10.7. The number of Topliss-reactive ketones (excluding diaryl/α,β-unsaturated/α-hetero) is 1. The summed E-state index contributed by atoms with van der Waals surface area (Å²) in [5, 5.41) is 4.05. The standard InChI is InChI=1S/C14H14F2N2O/c1-9(2)18-12(6-7-17-18)13(19)8-10-4-3-5-11(15)14(10)16/h3-7,9H,8H2,1-2H3. The second-order valence-electron chi connectivity index (χ2n) is 4.57. The number of ketones is 1. The largest absolute Gasteiger partial charge is 0.292 e. The highest BCUT2D eigenvalue weighted by Gasteiger charge is 2.17. The van der Waals surface area contributed by atoms with Crippen LogP contribution in [0.15, 0.2) is 30.5 Å². The number of carbonyl (C=O) groups is 1. The first kappa shape index (κ1) is 13.4. The van der Waals surface area contributed by atoms with Crippen molar-refractivity contribution in [2.75, 3.05) is 0 Å². The van der Waals surface area contributed by atoms with Gasteiger partial charge in [-0.15, -0.1) is 0 Å². The van der Waals surface area contributed by atoms with Crippen molar-refractivity contribution in [3.8, 4) is 0 Å². The van der Waals surface area contributed by atoms with Crippen LogP contribution in [0.4, 0.5) is 8.78 Å². The number of hydrogen-bond donors (Lipinski definition) is 0. The van der Waals surface area contributed by atoms with Gasteiger partial charge in [-0.25, -0.2) is 8.78 Å². The smallest absolute Gasteiger partial charge is 0.185 e. The van der Waals surface area contributed by atoms with E-state index in [0.717, 1.165) is 6.07 Å². The number of hydrogen-bond acceptors (Lipinski definition) is 2. The third kappa shape index (κ3) is 2.70. The van der Waals surface area contributed by atoms with Crippen molar-refractivity contribution in [3.63, 3.8) is 0 Å². The molecular formula is C14H14F2N2O. The lowest BCUT2D eigenvalue weighted by Gasteiger charge is -2.10. The van der Waals surface area contributed by atoms with Crippen LogP contribution in [-0.2, 0) is 6.42 Å². The molecule has 0 atom stereocenters. The number of benzene rings is 1. The first-order valence-corrected chi connectivity index (χ1v) is 6.00. The Morgan fingerprint density at radius 3 is 2.74 bits per heavy atom. The van der Waals surface area contributed by atoms with Gasteiger partial charge in [0.1, 0.15) is 5.69 Å². The average molecular weight is 264 g/mol. The van der Waals surface area contributed by atoms with Crippen molar-refractivity contribution in [3.05, 3.63) is 53.4 Å². The molecule has 0 bridgehead atoms. The number of aromatic nitrogens is 2. The normalized spacial score (nSPS) is 11.0. The SMILES string of the molecule is CC(C)n1nccc1C(=O)Cc1cccc(F)c1F. The summed E-state index contributed by atoms with van der Waals surface area (Å²) in [6.45, 7) is 3.79. The molecule has 0 unspecified atom stereocenters. The van der Waals surface area contributed by atoms with E-state index in [1.54, 1.807) is 10.7 Å². The van der Waals surface area contributed by atoms with Crippen LogP contribution in [0.3, 0.4) is 0 Å². The summed E-state index contributed by atoms with van der Waals surface area (Å²) in [5.74, 6) is -2.19. The van der Waals surface area contributed by atoms with Crippen molar-refractivity contribution >= 4 is 5.78 Å². The monoisotopic (exact) mass is 264 g/mol. The molecule has 0 aliphatic carbocycles. The van der Waals surface area contributed by atoms with Gasteiger partial charge in [-0.3, -0.25) is 9.48 Å². The van der Waals surface area contributed by atoms with Crippen LogP contribution in [0, 0.1) is 11.6 Å². The number of rotatable bonds is 4. The number of carbonyl (C=O) groups excluding carboxylic acids is 1. The predicted molar refractivity (Wildman–Crippen MR) is 67.0 cm³/mol. The highest BCUT2D eigenvalue weighted by Crippen LogP contribution is 2.16. The minimum Gasteiger partial charge on any atom is -0.292 e. The fourth-order valence-electron chi connectivity index (χ4n) is 1.90. The minimum atomic E-state index is -0.966. The zero-order valence-electron chi connectivity index (χ0n) is 10.7. The summed E-state index contributed by atoms with van der Waals surface area (Å²) in [6.07, 6.45) is 1.34. The Kier molecular flexibility index (Phi) is 3.74. The van der Waals surface area contributed by atoms with E-state index in [0.29, 0.717) is 5.69 Å². The molecule has 0 radical (unpaired) electrons. The molecule has 2 aromatic rings. The lowest BCUT2D eigenvalue weighted by molar-refractivity contribution is 0.0979. The van der Waals surface area contributed by atoms with Gasteiger partial charge in [0.05, 0.1) is 0 Å². The second-order valence-corrected chi connectivity index (χ2v) is 4.57. The summed E-state index contributed by atoms with van der Waals surface area (Å²) in [7, 11) is 0. The maximum atomic E-state index is 13.5. The Bertz CT molecular complexity index is 605. The zero-order chi connectivity index (χ0) is 14.0. The second kappa shape index (κ2) is 5.30. The van der Waals surface area contributed by atoms with Gasteiger partial charge < -0.3 is 0 Å². The molecule has 0 aliphatic heterocycles. The maximum Gasteiger partial charge on any atom is 0.185 e. The summed E-state index contributed by atoms with van der Waals surface area (Å²) >= 11 is 0. The molecule has 2 rings (SSSR count). The Hall–Kier alpha value is -2.04. The van der Waals surface area contributed by atoms with Crippen molar-refractivity contribution in [1.29, 1.82) is 0 Å². The molecule has 19 heavy (non-hydrogen) atoms. The molecule has 3 nitrogen and oxygen atoms in total. The Balaban J connectivity index is 2.26. The Morgan fingerprint density at radius 2 is 2.05 bits per heavy atom. The van der Waals surface area contributed by atoms with Crippen LogP contribution in [0.2, 0.25) is 0 Å². The van der Waals surface area contributed by atoms with Gasteiger partial charge in [0, 0.05) is 18.7 Å². The Morgan fingerprint density at radius 1 is 1.32 bits per heavy atom. The van der Waals surface area contributed by atoms with Crippen LogP contribution in [0.1, 0.15) is 35.9 Å². The molecule has 100 valence electrons. The van der Waals surface area contributed by atoms with Crippen LogP contribution in [0.5, 0.6) is 0 Å². The van der Waals surface area contributed by atoms with E-state index >= 15 is 0 Å². The fraction of sp³-hybridized carbons (Fsp3) is 0.286. The van der Waals surface area contributed by atoms with E-state index in [1.807, 2.05) is 13.8 Å². The van der Waals surface area contributed by atoms with Crippen molar-refractivity contribution in [1.82, 2.24) is 9.78 Å². The van der Waals surface area contributed by atoms with E-state index in [2.05, 4.69) is 5.10 Å². The quantitative estimate of drug-likeness (QED) is 0.795. The Labute approximate surface area is 109 Å². The molecule has 5 heteroatoms. The third-order valence-corrected chi connectivity index (χ3v) is 2.83. The molecule has 0 amide bonds. The summed E-state index contributed by atoms with van der Waals surface area (Å²) in [5.41, 5.74) is 0.458. The molecule has 0 fully saturated rings. The molecule has 1 aromatic heterocycles. The van der Waals surface area contributed by atoms with E-state index in [-0.39, 0.29) is 23.8 Å². The highest BCUT2D eigenvalue weighted by molar-refractivity contribution is 5.96. The van der Waals surface area contributed by atoms with Gasteiger partial charge in [-0.05, 0) is 31.5 Å². The summed E-state index contributed by atoms with van der Waals surface area (Å²) in [4.78, 5) is 12.1. The van der Waals surface area contributed by atoms with Gasteiger partial charge in [0.15, 0.2) is 17.4 Å². The number of nitrogens with zero attached hydrogens (tertiary/aromatic N) is 2. The van der Waals surface area contributed by atoms with Crippen LogP contribution in [0.25, 0.3) is 0 Å². The molecule has 0 N–H and O–H groups in total. The van der Waals surface area contributed by atoms with Crippen LogP contribution >= 0.6 is 0 Å². The van der Waals surface area contributed by atoms with E-state index in [1.165, 1.54) is 18.3 Å². The maximum absolute atomic E-state index is 13.5. The lowest BCUT2D eigenvalue weighted by atomic mass is 10.1. The van der Waals surface area contributed by atoms with Crippen molar-refractivity contribution in [2.45, 2.75) is 26.3 Å². The topological polar surface area (TPSA) is 34.9 Å². The first-order chi connectivity index (χ1) is 9.00.